The lowest BCUT2D eigenvalue weighted by molar-refractivity contribution is 0.0678. The molecule has 160 valence electrons. The number of carbonyl (C=O) groups excluding carboxylic acids is 2. The quantitative estimate of drug-likeness (QED) is 0.674. The lowest BCUT2D eigenvalue weighted by atomic mass is 9.89. The second kappa shape index (κ2) is 9.12. The topological polar surface area (TPSA) is 75.4 Å². The molecular weight excluding hydrogens is 397 g/mol. The number of amides is 2. The van der Waals surface area contributed by atoms with Gasteiger partial charge >= 0.3 is 0 Å². The van der Waals surface area contributed by atoms with Gasteiger partial charge in [0, 0.05) is 36.8 Å². The Morgan fingerprint density at radius 2 is 1.90 bits per heavy atom. The van der Waals surface area contributed by atoms with E-state index in [2.05, 4.69) is 10.3 Å². The highest BCUT2D eigenvalue weighted by Crippen LogP contribution is 2.30. The number of rotatable bonds is 5. The van der Waals surface area contributed by atoms with Crippen molar-refractivity contribution in [3.63, 3.8) is 0 Å². The van der Waals surface area contributed by atoms with Gasteiger partial charge in [0.15, 0.2) is 5.76 Å². The highest BCUT2D eigenvalue weighted by molar-refractivity contribution is 5.95. The molecule has 1 saturated heterocycles. The predicted octanol–water partition coefficient (Wildman–Crippen LogP) is 4.07. The molecule has 6 nitrogen and oxygen atoms in total. The van der Waals surface area contributed by atoms with Gasteiger partial charge in [-0.2, -0.15) is 0 Å². The van der Waals surface area contributed by atoms with E-state index in [1.165, 1.54) is 12.3 Å². The average Bonchev–Trinajstić information content (AvgIpc) is 3.33. The molecule has 0 bridgehead atoms. The van der Waals surface area contributed by atoms with Crippen LogP contribution in [0.4, 0.5) is 4.39 Å². The summed E-state index contributed by atoms with van der Waals surface area (Å²) in [5.74, 6) is -0.350. The first-order valence-electron chi connectivity index (χ1n) is 10.3. The Morgan fingerprint density at radius 1 is 1.13 bits per heavy atom. The largest absolute Gasteiger partial charge is 0.459 e. The summed E-state index contributed by atoms with van der Waals surface area (Å²) in [6, 6.07) is 13.3. The fraction of sp³-hybridized carbons (Fsp3) is 0.292. The Bertz CT molecular complexity index is 1070. The van der Waals surface area contributed by atoms with Crippen molar-refractivity contribution in [3.8, 4) is 0 Å². The zero-order valence-corrected chi connectivity index (χ0v) is 17.3. The van der Waals surface area contributed by atoms with Crippen molar-refractivity contribution in [2.24, 2.45) is 0 Å². The van der Waals surface area contributed by atoms with Crippen LogP contribution in [0, 0.1) is 12.7 Å². The van der Waals surface area contributed by atoms with Crippen molar-refractivity contribution >= 4 is 11.8 Å². The number of hydrogen-bond acceptors (Lipinski definition) is 4. The molecule has 3 heterocycles. The lowest BCUT2D eigenvalue weighted by Gasteiger charge is -2.32. The molecule has 0 radical (unpaired) electrons. The van der Waals surface area contributed by atoms with Crippen LogP contribution in [0.25, 0.3) is 0 Å². The Kier molecular flexibility index (Phi) is 6.11. The van der Waals surface area contributed by atoms with Crippen LogP contribution in [0.3, 0.4) is 0 Å². The summed E-state index contributed by atoms with van der Waals surface area (Å²) < 4.78 is 19.1. The molecular formula is C24H24FN3O3. The van der Waals surface area contributed by atoms with Crippen LogP contribution < -0.4 is 5.32 Å². The van der Waals surface area contributed by atoms with Gasteiger partial charge in [-0.25, -0.2) is 4.39 Å². The number of nitrogens with one attached hydrogen (secondary N) is 1. The Hall–Kier alpha value is -3.48. The number of benzene rings is 1. The van der Waals surface area contributed by atoms with Crippen LogP contribution in [0.5, 0.6) is 0 Å². The third-order valence-corrected chi connectivity index (χ3v) is 5.61. The summed E-state index contributed by atoms with van der Waals surface area (Å²) in [6.45, 7) is 3.13. The van der Waals surface area contributed by atoms with Gasteiger partial charge in [-0.1, -0.05) is 18.2 Å². The molecule has 0 unspecified atom stereocenters. The maximum absolute atomic E-state index is 13.9. The van der Waals surface area contributed by atoms with Crippen molar-refractivity contribution in [1.82, 2.24) is 15.2 Å². The van der Waals surface area contributed by atoms with Crippen molar-refractivity contribution in [2.45, 2.75) is 32.2 Å². The smallest absolute Gasteiger partial charge is 0.289 e. The van der Waals surface area contributed by atoms with Crippen molar-refractivity contribution < 1.29 is 18.4 Å². The number of aromatic nitrogens is 1. The molecule has 2 amide bonds. The van der Waals surface area contributed by atoms with Gasteiger partial charge in [0.2, 0.25) is 0 Å². The molecule has 31 heavy (non-hydrogen) atoms. The zero-order chi connectivity index (χ0) is 21.8. The molecule has 0 atom stereocenters. The molecule has 1 aliphatic heterocycles. The number of nitrogens with zero attached hydrogens (tertiary/aromatic N) is 2. The number of carbonyl (C=O) groups is 2. The summed E-state index contributed by atoms with van der Waals surface area (Å²) in [6.07, 6.45) is 2.90. The van der Waals surface area contributed by atoms with Crippen molar-refractivity contribution in [2.75, 3.05) is 13.1 Å². The molecule has 0 aliphatic carbocycles. The normalized spacial score (nSPS) is 14.5. The standard InChI is InChI=1S/C24H24FN3O3/c1-16-8-9-19(23(29)26-15-18-5-2-3-6-20(18)25)22(27-16)17-10-12-28(13-11-17)24(30)21-7-4-14-31-21/h2-9,14,17H,10-13,15H2,1H3,(H,26,29). The molecule has 1 aromatic carbocycles. The minimum atomic E-state index is -0.348. The van der Waals surface area contributed by atoms with Crippen LogP contribution in [0.1, 0.15) is 56.6 Å². The summed E-state index contributed by atoms with van der Waals surface area (Å²) >= 11 is 0. The van der Waals surface area contributed by atoms with E-state index in [0.29, 0.717) is 42.8 Å². The average molecular weight is 421 g/mol. The van der Waals surface area contributed by atoms with Crippen LogP contribution in [0.2, 0.25) is 0 Å². The van der Waals surface area contributed by atoms with E-state index >= 15 is 0 Å². The van der Waals surface area contributed by atoms with E-state index < -0.39 is 0 Å². The molecule has 4 rings (SSSR count). The van der Waals surface area contributed by atoms with Gasteiger partial charge in [-0.05, 0) is 50.1 Å². The number of halogens is 1. The van der Waals surface area contributed by atoms with E-state index in [4.69, 9.17) is 4.42 Å². The Labute approximate surface area is 180 Å². The summed E-state index contributed by atoms with van der Waals surface area (Å²) in [5, 5.41) is 2.80. The SMILES string of the molecule is Cc1ccc(C(=O)NCc2ccccc2F)c(C2CCN(C(=O)c3ccco3)CC2)n1. The molecule has 1 N–H and O–H groups in total. The third-order valence-electron chi connectivity index (χ3n) is 5.61. The molecule has 1 fully saturated rings. The van der Waals surface area contributed by atoms with Crippen LogP contribution in [-0.2, 0) is 6.54 Å². The first kappa shape index (κ1) is 20.8. The molecule has 2 aromatic heterocycles. The Balaban J connectivity index is 1.45. The van der Waals surface area contributed by atoms with Gasteiger partial charge < -0.3 is 14.6 Å². The first-order chi connectivity index (χ1) is 15.0. The lowest BCUT2D eigenvalue weighted by Crippen LogP contribution is -2.38. The fourth-order valence-electron chi connectivity index (χ4n) is 3.90. The Morgan fingerprint density at radius 3 is 2.61 bits per heavy atom. The molecule has 3 aromatic rings. The minimum absolute atomic E-state index is 0.0646. The van der Waals surface area contributed by atoms with E-state index in [1.807, 2.05) is 6.92 Å². The van der Waals surface area contributed by atoms with Crippen molar-refractivity contribution in [3.05, 3.63) is 88.9 Å². The monoisotopic (exact) mass is 421 g/mol. The van der Waals surface area contributed by atoms with E-state index in [0.717, 1.165) is 11.4 Å². The summed E-state index contributed by atoms with van der Waals surface area (Å²) in [7, 11) is 0. The fourth-order valence-corrected chi connectivity index (χ4v) is 3.90. The van der Waals surface area contributed by atoms with E-state index in [1.54, 1.807) is 47.4 Å². The first-order valence-corrected chi connectivity index (χ1v) is 10.3. The zero-order valence-electron chi connectivity index (χ0n) is 17.3. The van der Waals surface area contributed by atoms with E-state index in [-0.39, 0.29) is 30.1 Å². The van der Waals surface area contributed by atoms with Gasteiger partial charge in [0.25, 0.3) is 11.8 Å². The van der Waals surface area contributed by atoms with Gasteiger partial charge in [-0.15, -0.1) is 0 Å². The third kappa shape index (κ3) is 4.66. The molecule has 0 spiro atoms. The number of hydrogen-bond donors (Lipinski definition) is 1. The second-order valence-corrected chi connectivity index (χ2v) is 7.70. The number of furan rings is 1. The second-order valence-electron chi connectivity index (χ2n) is 7.70. The molecule has 0 saturated carbocycles. The maximum Gasteiger partial charge on any atom is 0.289 e. The van der Waals surface area contributed by atoms with Gasteiger partial charge in [-0.3, -0.25) is 14.6 Å². The number of pyridine rings is 1. The molecule has 1 aliphatic rings. The summed E-state index contributed by atoms with van der Waals surface area (Å²) in [5.41, 5.74) is 2.49. The highest BCUT2D eigenvalue weighted by atomic mass is 19.1. The summed E-state index contributed by atoms with van der Waals surface area (Å²) in [4.78, 5) is 31.8. The highest BCUT2D eigenvalue weighted by Gasteiger charge is 2.29. The van der Waals surface area contributed by atoms with E-state index in [9.17, 15) is 14.0 Å². The molecule has 7 heteroatoms. The van der Waals surface area contributed by atoms with Crippen LogP contribution >= 0.6 is 0 Å². The van der Waals surface area contributed by atoms with Crippen molar-refractivity contribution in [1.29, 1.82) is 0 Å². The van der Waals surface area contributed by atoms with Crippen LogP contribution in [0.15, 0.2) is 59.2 Å². The number of piperidine rings is 1. The predicted molar refractivity (Wildman–Crippen MR) is 113 cm³/mol. The maximum atomic E-state index is 13.9. The number of likely N-dealkylation sites (tertiary alicyclic amines) is 1. The number of aryl methyl sites for hydroxylation is 1. The minimum Gasteiger partial charge on any atom is -0.459 e. The van der Waals surface area contributed by atoms with Gasteiger partial charge in [0.1, 0.15) is 5.82 Å². The van der Waals surface area contributed by atoms with Gasteiger partial charge in [0.05, 0.1) is 17.5 Å². The van der Waals surface area contributed by atoms with Crippen LogP contribution in [-0.4, -0.2) is 34.8 Å².